The summed E-state index contributed by atoms with van der Waals surface area (Å²) in [5, 5.41) is 19.8. The maximum Gasteiger partial charge on any atom is 0.267 e. The highest BCUT2D eigenvalue weighted by molar-refractivity contribution is 6.40. The molecule has 0 aromatic heterocycles. The Bertz CT molecular complexity index is 1620. The van der Waals surface area contributed by atoms with Crippen LogP contribution in [0.5, 0.6) is 0 Å². The molecule has 2 aliphatic rings. The molecule has 2 aliphatic heterocycles. The number of para-hydroxylation sites is 1. The van der Waals surface area contributed by atoms with Crippen molar-refractivity contribution < 1.29 is 19.2 Å². The van der Waals surface area contributed by atoms with Crippen molar-refractivity contribution in [1.29, 1.82) is 10.5 Å². The molecule has 5 rings (SSSR count). The van der Waals surface area contributed by atoms with Crippen LogP contribution in [-0.4, -0.2) is 35.6 Å². The van der Waals surface area contributed by atoms with Crippen LogP contribution in [0.2, 0.25) is 0 Å². The standard InChI is InChI=1S/C26H16N4O4/c1-4-13-7-5-6-12(2)22(13)30-24(32)17-9-14(10-27)18-20-16(23(31)29(3)25(18)33)8-15(11-28)19(21(17)20)26(30)34/h5-9H,4H2,1-3H3. The lowest BCUT2D eigenvalue weighted by atomic mass is 9.81. The Hall–Kier alpha value is -4.82. The van der Waals surface area contributed by atoms with Crippen LogP contribution < -0.4 is 4.90 Å². The SMILES string of the molecule is CCc1cccc(C)c1N1C(=O)c2cc(C#N)c3c4c(cc(C#N)c(c24)C1=O)C(=O)N(C)C3=O. The first-order chi connectivity index (χ1) is 16.3. The van der Waals surface area contributed by atoms with Gasteiger partial charge in [0, 0.05) is 17.8 Å². The second-order valence-electron chi connectivity index (χ2n) is 8.22. The number of hydrogen-bond donors (Lipinski definition) is 0. The van der Waals surface area contributed by atoms with Gasteiger partial charge in [-0.3, -0.25) is 24.1 Å². The molecule has 2 heterocycles. The minimum absolute atomic E-state index is 0.00120. The zero-order valence-corrected chi connectivity index (χ0v) is 18.5. The molecule has 8 heteroatoms. The number of imide groups is 2. The summed E-state index contributed by atoms with van der Waals surface area (Å²) in [6.07, 6.45) is 0.554. The molecular formula is C26H16N4O4. The van der Waals surface area contributed by atoms with E-state index < -0.39 is 23.6 Å². The van der Waals surface area contributed by atoms with Gasteiger partial charge in [0.2, 0.25) is 0 Å². The number of carbonyl (C=O) groups is 4. The number of anilines is 1. The predicted octanol–water partition coefficient (Wildman–Crippen LogP) is 3.48. The number of nitriles is 2. The fourth-order valence-corrected chi connectivity index (χ4v) is 4.89. The van der Waals surface area contributed by atoms with E-state index in [-0.39, 0.29) is 44.2 Å². The van der Waals surface area contributed by atoms with Crippen molar-refractivity contribution in [2.45, 2.75) is 20.3 Å². The molecular weight excluding hydrogens is 432 g/mol. The summed E-state index contributed by atoms with van der Waals surface area (Å²) < 4.78 is 0. The van der Waals surface area contributed by atoms with Crippen LogP contribution in [0, 0.1) is 29.6 Å². The molecule has 0 aliphatic carbocycles. The minimum atomic E-state index is -0.709. The van der Waals surface area contributed by atoms with E-state index in [1.165, 1.54) is 19.2 Å². The van der Waals surface area contributed by atoms with E-state index >= 15 is 0 Å². The van der Waals surface area contributed by atoms with Gasteiger partial charge >= 0.3 is 0 Å². The lowest BCUT2D eigenvalue weighted by molar-refractivity contribution is 0.0648. The zero-order valence-electron chi connectivity index (χ0n) is 18.5. The van der Waals surface area contributed by atoms with E-state index in [2.05, 4.69) is 0 Å². The Kier molecular flexibility index (Phi) is 4.39. The molecule has 0 unspecified atom stereocenters. The Morgan fingerprint density at radius 1 is 0.824 bits per heavy atom. The number of aryl methyl sites for hydroxylation is 2. The van der Waals surface area contributed by atoms with E-state index in [1.54, 1.807) is 13.0 Å². The first kappa shape index (κ1) is 21.0. The van der Waals surface area contributed by atoms with Crippen LogP contribution in [0.15, 0.2) is 30.3 Å². The fraction of sp³-hybridized carbons (Fsp3) is 0.154. The minimum Gasteiger partial charge on any atom is -0.277 e. The molecule has 0 fully saturated rings. The third kappa shape index (κ3) is 2.45. The van der Waals surface area contributed by atoms with Crippen molar-refractivity contribution in [2.75, 3.05) is 11.9 Å². The summed E-state index contributed by atoms with van der Waals surface area (Å²) in [5.41, 5.74) is 1.62. The number of amides is 4. The maximum absolute atomic E-state index is 13.8. The number of benzene rings is 3. The Morgan fingerprint density at radius 2 is 1.38 bits per heavy atom. The van der Waals surface area contributed by atoms with E-state index in [0.29, 0.717) is 17.7 Å². The molecule has 0 spiro atoms. The van der Waals surface area contributed by atoms with Gasteiger partial charge in [-0.1, -0.05) is 25.1 Å². The molecule has 3 aromatic rings. The van der Waals surface area contributed by atoms with Gasteiger partial charge in [-0.15, -0.1) is 0 Å². The fourth-order valence-electron chi connectivity index (χ4n) is 4.89. The average Bonchev–Trinajstić information content (AvgIpc) is 2.84. The topological polar surface area (TPSA) is 122 Å². The third-order valence-corrected chi connectivity index (χ3v) is 6.48. The highest BCUT2D eigenvalue weighted by Gasteiger charge is 2.43. The molecule has 0 N–H and O–H groups in total. The van der Waals surface area contributed by atoms with Crippen LogP contribution in [0.1, 0.15) is 70.6 Å². The summed E-state index contributed by atoms with van der Waals surface area (Å²) >= 11 is 0. The second kappa shape index (κ2) is 7.09. The largest absolute Gasteiger partial charge is 0.277 e. The number of rotatable bonds is 2. The zero-order chi connectivity index (χ0) is 24.5. The van der Waals surface area contributed by atoms with Gasteiger partial charge in [0.25, 0.3) is 23.6 Å². The molecule has 4 amide bonds. The molecule has 0 saturated carbocycles. The Balaban J connectivity index is 1.97. The monoisotopic (exact) mass is 448 g/mol. The van der Waals surface area contributed by atoms with Crippen LogP contribution in [0.3, 0.4) is 0 Å². The van der Waals surface area contributed by atoms with Gasteiger partial charge in [-0.25, -0.2) is 4.90 Å². The molecule has 3 aromatic carbocycles. The van der Waals surface area contributed by atoms with Crippen molar-refractivity contribution >= 4 is 40.1 Å². The molecule has 0 bridgehead atoms. The lowest BCUT2D eigenvalue weighted by Gasteiger charge is -2.33. The summed E-state index contributed by atoms with van der Waals surface area (Å²) in [6, 6.07) is 11.9. The summed E-state index contributed by atoms with van der Waals surface area (Å²) in [6.45, 7) is 3.68. The summed E-state index contributed by atoms with van der Waals surface area (Å²) in [7, 11) is 1.28. The lowest BCUT2D eigenvalue weighted by Crippen LogP contribution is -2.44. The Labute approximate surface area is 194 Å². The van der Waals surface area contributed by atoms with Gasteiger partial charge < -0.3 is 0 Å². The van der Waals surface area contributed by atoms with Gasteiger partial charge in [0.15, 0.2) is 0 Å². The second-order valence-corrected chi connectivity index (χ2v) is 8.22. The summed E-state index contributed by atoms with van der Waals surface area (Å²) in [5.74, 6) is -2.76. The molecule has 0 radical (unpaired) electrons. The van der Waals surface area contributed by atoms with E-state index in [0.717, 1.165) is 15.4 Å². The number of hydrogen-bond acceptors (Lipinski definition) is 6. The van der Waals surface area contributed by atoms with E-state index in [1.807, 2.05) is 31.2 Å². The normalized spacial score (nSPS) is 14.5. The van der Waals surface area contributed by atoms with Crippen LogP contribution in [0.4, 0.5) is 5.69 Å². The number of nitrogens with zero attached hydrogens (tertiary/aromatic N) is 4. The third-order valence-electron chi connectivity index (χ3n) is 6.48. The molecule has 8 nitrogen and oxygen atoms in total. The van der Waals surface area contributed by atoms with Gasteiger partial charge in [-0.05, 0) is 36.6 Å². The van der Waals surface area contributed by atoms with Crippen molar-refractivity contribution in [3.8, 4) is 12.1 Å². The Morgan fingerprint density at radius 3 is 1.94 bits per heavy atom. The first-order valence-corrected chi connectivity index (χ1v) is 10.5. The smallest absolute Gasteiger partial charge is 0.267 e. The predicted molar refractivity (Wildman–Crippen MR) is 121 cm³/mol. The van der Waals surface area contributed by atoms with Crippen LogP contribution in [0.25, 0.3) is 10.8 Å². The van der Waals surface area contributed by atoms with Crippen LogP contribution >= 0.6 is 0 Å². The molecule has 0 saturated heterocycles. The van der Waals surface area contributed by atoms with Crippen LogP contribution in [-0.2, 0) is 6.42 Å². The highest BCUT2D eigenvalue weighted by atomic mass is 16.2. The quantitative estimate of drug-likeness (QED) is 0.553. The van der Waals surface area contributed by atoms with Crippen molar-refractivity contribution in [1.82, 2.24) is 4.90 Å². The molecule has 0 atom stereocenters. The van der Waals surface area contributed by atoms with Crippen molar-refractivity contribution in [3.63, 3.8) is 0 Å². The first-order valence-electron chi connectivity index (χ1n) is 10.5. The molecule has 164 valence electrons. The van der Waals surface area contributed by atoms with Crippen molar-refractivity contribution in [2.24, 2.45) is 0 Å². The van der Waals surface area contributed by atoms with Gasteiger partial charge in [0.1, 0.15) is 12.1 Å². The number of carbonyl (C=O) groups excluding carboxylic acids is 4. The van der Waals surface area contributed by atoms with Crippen molar-refractivity contribution in [3.05, 3.63) is 74.8 Å². The average molecular weight is 448 g/mol. The van der Waals surface area contributed by atoms with E-state index in [4.69, 9.17) is 0 Å². The highest BCUT2D eigenvalue weighted by Crippen LogP contribution is 2.42. The van der Waals surface area contributed by atoms with E-state index in [9.17, 15) is 29.7 Å². The van der Waals surface area contributed by atoms with Gasteiger partial charge in [0.05, 0.1) is 39.1 Å². The van der Waals surface area contributed by atoms with Gasteiger partial charge in [-0.2, -0.15) is 10.5 Å². The summed E-state index contributed by atoms with van der Waals surface area (Å²) in [4.78, 5) is 55.4. The molecule has 34 heavy (non-hydrogen) atoms. The maximum atomic E-state index is 13.8.